The Morgan fingerprint density at radius 2 is 1.75 bits per heavy atom. The molecular weight excluding hydrogens is 224 g/mol. The van der Waals surface area contributed by atoms with E-state index in [2.05, 4.69) is 0 Å². The molecule has 0 aromatic heterocycles. The average Bonchev–Trinajstić information content (AvgIpc) is 2.30. The number of phenolic OH excluding ortho intramolecular Hbond substituents is 1. The van der Waals surface area contributed by atoms with Gasteiger partial charge in [-0.2, -0.15) is 0 Å². The number of aldehydes is 1. The van der Waals surface area contributed by atoms with Gasteiger partial charge in [0.1, 0.15) is 5.75 Å². The van der Waals surface area contributed by atoms with Gasteiger partial charge in [-0.3, -0.25) is 4.79 Å². The molecule has 80 valence electrons. The van der Waals surface area contributed by atoms with E-state index in [0.29, 0.717) is 16.1 Å². The Kier molecular flexibility index (Phi) is 2.93. The predicted octanol–water partition coefficient (Wildman–Crippen LogP) is 3.53. The van der Waals surface area contributed by atoms with E-state index in [1.807, 2.05) is 0 Å². The highest BCUT2D eigenvalue weighted by atomic mass is 35.5. The highest BCUT2D eigenvalue weighted by molar-refractivity contribution is 6.34. The molecule has 0 spiro atoms. The summed E-state index contributed by atoms with van der Waals surface area (Å²) in [7, 11) is 0. The van der Waals surface area contributed by atoms with Crippen LogP contribution in [-0.2, 0) is 0 Å². The summed E-state index contributed by atoms with van der Waals surface area (Å²) in [5, 5.41) is 9.72. The largest absolute Gasteiger partial charge is 0.508 e. The van der Waals surface area contributed by atoms with Crippen LogP contribution in [0.2, 0.25) is 5.02 Å². The quantitative estimate of drug-likeness (QED) is 0.805. The average molecular weight is 233 g/mol. The lowest BCUT2D eigenvalue weighted by atomic mass is 10.0. The Morgan fingerprint density at radius 1 is 1.06 bits per heavy atom. The number of phenols is 1. The van der Waals surface area contributed by atoms with E-state index >= 15 is 0 Å². The number of aromatic hydroxyl groups is 1. The van der Waals surface area contributed by atoms with E-state index in [4.69, 9.17) is 11.6 Å². The van der Waals surface area contributed by atoms with Gasteiger partial charge in [0.2, 0.25) is 0 Å². The van der Waals surface area contributed by atoms with E-state index < -0.39 is 0 Å². The maximum absolute atomic E-state index is 10.9. The fraction of sp³-hybridized carbons (Fsp3) is 0. The SMILES string of the molecule is O=Cc1cccc(Cl)c1-c1ccc(O)cc1. The topological polar surface area (TPSA) is 37.3 Å². The summed E-state index contributed by atoms with van der Waals surface area (Å²) < 4.78 is 0. The molecule has 0 amide bonds. The number of carbonyl (C=O) groups is 1. The molecule has 0 saturated heterocycles. The van der Waals surface area contributed by atoms with E-state index in [-0.39, 0.29) is 5.75 Å². The van der Waals surface area contributed by atoms with Crippen LogP contribution in [0.3, 0.4) is 0 Å². The summed E-state index contributed by atoms with van der Waals surface area (Å²) in [5.41, 5.74) is 2.04. The van der Waals surface area contributed by atoms with Crippen LogP contribution in [0.25, 0.3) is 11.1 Å². The van der Waals surface area contributed by atoms with Gasteiger partial charge in [0, 0.05) is 16.1 Å². The van der Waals surface area contributed by atoms with Gasteiger partial charge in [0.25, 0.3) is 0 Å². The lowest BCUT2D eigenvalue weighted by Gasteiger charge is -2.07. The summed E-state index contributed by atoms with van der Waals surface area (Å²) >= 11 is 6.06. The molecule has 0 fully saturated rings. The zero-order chi connectivity index (χ0) is 11.5. The molecule has 0 unspecified atom stereocenters. The van der Waals surface area contributed by atoms with Gasteiger partial charge in [-0.1, -0.05) is 35.9 Å². The van der Waals surface area contributed by atoms with E-state index in [1.54, 1.807) is 42.5 Å². The van der Waals surface area contributed by atoms with Crippen LogP contribution >= 0.6 is 11.6 Å². The normalized spacial score (nSPS) is 10.1. The summed E-state index contributed by atoms with van der Waals surface area (Å²) in [6.07, 6.45) is 0.772. The summed E-state index contributed by atoms with van der Waals surface area (Å²) in [6.45, 7) is 0. The molecule has 3 heteroatoms. The first-order valence-corrected chi connectivity index (χ1v) is 5.13. The van der Waals surface area contributed by atoms with Crippen molar-refractivity contribution in [1.82, 2.24) is 0 Å². The number of halogens is 1. The van der Waals surface area contributed by atoms with Crippen LogP contribution in [0.1, 0.15) is 10.4 Å². The van der Waals surface area contributed by atoms with Crippen molar-refractivity contribution >= 4 is 17.9 Å². The first-order chi connectivity index (χ1) is 7.72. The van der Waals surface area contributed by atoms with Crippen molar-refractivity contribution in [3.05, 3.63) is 53.1 Å². The first-order valence-electron chi connectivity index (χ1n) is 4.75. The summed E-state index contributed by atoms with van der Waals surface area (Å²) in [4.78, 5) is 10.9. The summed E-state index contributed by atoms with van der Waals surface area (Å²) in [6, 6.07) is 11.8. The highest BCUT2D eigenvalue weighted by Crippen LogP contribution is 2.31. The zero-order valence-electron chi connectivity index (χ0n) is 8.35. The molecule has 0 aliphatic rings. The molecule has 2 aromatic carbocycles. The van der Waals surface area contributed by atoms with Crippen LogP contribution in [0, 0.1) is 0 Å². The Morgan fingerprint density at radius 3 is 2.38 bits per heavy atom. The smallest absolute Gasteiger partial charge is 0.150 e. The Labute approximate surface area is 98.1 Å². The molecule has 2 aromatic rings. The van der Waals surface area contributed by atoms with E-state index in [0.717, 1.165) is 11.8 Å². The third-order valence-electron chi connectivity index (χ3n) is 2.33. The Balaban J connectivity index is 2.63. The van der Waals surface area contributed by atoms with Crippen LogP contribution < -0.4 is 0 Å². The van der Waals surface area contributed by atoms with Gasteiger partial charge in [0.15, 0.2) is 6.29 Å². The number of hydrogen-bond acceptors (Lipinski definition) is 2. The third kappa shape index (κ3) is 1.92. The fourth-order valence-corrected chi connectivity index (χ4v) is 1.86. The minimum Gasteiger partial charge on any atom is -0.508 e. The van der Waals surface area contributed by atoms with Crippen LogP contribution in [0.5, 0.6) is 5.75 Å². The maximum atomic E-state index is 10.9. The van der Waals surface area contributed by atoms with Gasteiger partial charge >= 0.3 is 0 Å². The maximum Gasteiger partial charge on any atom is 0.150 e. The van der Waals surface area contributed by atoms with Gasteiger partial charge in [0.05, 0.1) is 0 Å². The van der Waals surface area contributed by atoms with Crippen molar-refractivity contribution in [1.29, 1.82) is 0 Å². The summed E-state index contributed by atoms with van der Waals surface area (Å²) in [5.74, 6) is 0.184. The van der Waals surface area contributed by atoms with Gasteiger partial charge in [-0.05, 0) is 23.8 Å². The lowest BCUT2D eigenvalue weighted by molar-refractivity contribution is 0.112. The monoisotopic (exact) mass is 232 g/mol. The third-order valence-corrected chi connectivity index (χ3v) is 2.64. The number of hydrogen-bond donors (Lipinski definition) is 1. The Hall–Kier alpha value is -1.80. The molecule has 0 aliphatic heterocycles. The van der Waals surface area contributed by atoms with Gasteiger partial charge < -0.3 is 5.11 Å². The van der Waals surface area contributed by atoms with Crippen molar-refractivity contribution in [2.45, 2.75) is 0 Å². The molecule has 2 rings (SSSR count). The standard InChI is InChI=1S/C13H9ClO2/c14-12-3-1-2-10(8-15)13(12)9-4-6-11(16)7-5-9/h1-8,16H. The van der Waals surface area contributed by atoms with Crippen LogP contribution in [0.4, 0.5) is 0 Å². The second-order valence-electron chi connectivity index (χ2n) is 3.37. The molecule has 0 bridgehead atoms. The molecule has 0 aliphatic carbocycles. The molecule has 0 saturated carbocycles. The molecular formula is C13H9ClO2. The molecule has 0 heterocycles. The van der Waals surface area contributed by atoms with Crippen LogP contribution in [0.15, 0.2) is 42.5 Å². The van der Waals surface area contributed by atoms with Crippen LogP contribution in [-0.4, -0.2) is 11.4 Å². The number of benzene rings is 2. The van der Waals surface area contributed by atoms with Crippen molar-refractivity contribution in [3.63, 3.8) is 0 Å². The minimum absolute atomic E-state index is 0.184. The molecule has 1 N–H and O–H groups in total. The van der Waals surface area contributed by atoms with E-state index in [9.17, 15) is 9.90 Å². The Bertz CT molecular complexity index is 518. The molecule has 0 atom stereocenters. The molecule has 0 radical (unpaired) electrons. The lowest BCUT2D eigenvalue weighted by Crippen LogP contribution is -1.88. The first kappa shape index (κ1) is 10.7. The molecule has 2 nitrogen and oxygen atoms in total. The van der Waals surface area contributed by atoms with Gasteiger partial charge in [-0.15, -0.1) is 0 Å². The number of carbonyl (C=O) groups excluding carboxylic acids is 1. The van der Waals surface area contributed by atoms with E-state index in [1.165, 1.54) is 0 Å². The second kappa shape index (κ2) is 4.37. The van der Waals surface area contributed by atoms with Crippen molar-refractivity contribution in [2.75, 3.05) is 0 Å². The zero-order valence-corrected chi connectivity index (χ0v) is 9.11. The number of rotatable bonds is 2. The second-order valence-corrected chi connectivity index (χ2v) is 3.78. The highest BCUT2D eigenvalue weighted by Gasteiger charge is 2.08. The minimum atomic E-state index is 0.184. The van der Waals surface area contributed by atoms with Crippen molar-refractivity contribution in [2.24, 2.45) is 0 Å². The molecule has 16 heavy (non-hydrogen) atoms. The van der Waals surface area contributed by atoms with Gasteiger partial charge in [-0.25, -0.2) is 0 Å². The fourth-order valence-electron chi connectivity index (χ4n) is 1.57. The van der Waals surface area contributed by atoms with Crippen molar-refractivity contribution < 1.29 is 9.90 Å². The predicted molar refractivity (Wildman–Crippen MR) is 63.9 cm³/mol. The van der Waals surface area contributed by atoms with Crippen molar-refractivity contribution in [3.8, 4) is 16.9 Å².